The minimum Gasteiger partial charge on any atom is -0.433 e. The molecule has 1 amide bonds. The number of rotatable bonds is 9. The number of nitrogens with one attached hydrogen (secondary N) is 1. The van der Waals surface area contributed by atoms with E-state index in [-0.39, 0.29) is 0 Å². The maximum Gasteiger partial charge on any atom is 0.408 e. The summed E-state index contributed by atoms with van der Waals surface area (Å²) >= 11 is 0. The molecule has 1 heterocycles. The molecule has 4 aromatic carbocycles. The number of hydrogen-bond donors (Lipinski definition) is 1. The molecule has 1 aliphatic heterocycles. The summed E-state index contributed by atoms with van der Waals surface area (Å²) in [5.41, 5.74) is 6.02. The van der Waals surface area contributed by atoms with Gasteiger partial charge in [0.15, 0.2) is 5.60 Å². The average Bonchev–Trinajstić information content (AvgIpc) is 3.32. The van der Waals surface area contributed by atoms with Crippen molar-refractivity contribution in [2.45, 2.75) is 31.0 Å². The summed E-state index contributed by atoms with van der Waals surface area (Å²) in [7, 11) is 0. The first-order chi connectivity index (χ1) is 21.3. The van der Waals surface area contributed by atoms with E-state index in [2.05, 4.69) is 58.3 Å². The quantitative estimate of drug-likeness (QED) is 0.199. The topological polar surface area (TPSA) is 44.8 Å². The molecule has 0 unspecified atom stereocenters. The molecule has 0 bridgehead atoms. The predicted octanol–water partition coefficient (Wildman–Crippen LogP) is 7.86. The number of carbonyl (C=O) groups is 1. The molecule has 6 rings (SSSR count). The highest BCUT2D eigenvalue weighted by atomic mass is 19.4. The zero-order valence-electron chi connectivity index (χ0n) is 24.5. The van der Waals surface area contributed by atoms with Crippen LogP contribution in [0.3, 0.4) is 0 Å². The molecule has 5 nitrogen and oxygen atoms in total. The highest BCUT2D eigenvalue weighted by Gasteiger charge is 2.46. The molecule has 0 radical (unpaired) electrons. The number of nitrogens with zero attached hydrogens (tertiary/aromatic N) is 2. The molecule has 44 heavy (non-hydrogen) atoms. The van der Waals surface area contributed by atoms with Crippen LogP contribution in [0.5, 0.6) is 0 Å². The Morgan fingerprint density at radius 2 is 1.36 bits per heavy atom. The number of alkyl carbamates (subject to hydrolysis) is 1. The Morgan fingerprint density at radius 1 is 0.750 bits per heavy atom. The summed E-state index contributed by atoms with van der Waals surface area (Å²) in [6.45, 7) is 3.23. The molecule has 8 heteroatoms. The van der Waals surface area contributed by atoms with Gasteiger partial charge in [0.2, 0.25) is 0 Å². The maximum absolute atomic E-state index is 12.9. The first kappa shape index (κ1) is 29.8. The van der Waals surface area contributed by atoms with Crippen LogP contribution in [0, 0.1) is 0 Å². The van der Waals surface area contributed by atoms with E-state index >= 15 is 0 Å². The van der Waals surface area contributed by atoms with Gasteiger partial charge in [-0.05, 0) is 60.2 Å². The van der Waals surface area contributed by atoms with Crippen molar-refractivity contribution < 1.29 is 22.7 Å². The highest BCUT2D eigenvalue weighted by molar-refractivity contribution is 5.82. The van der Waals surface area contributed by atoms with Gasteiger partial charge < -0.3 is 15.0 Å². The highest BCUT2D eigenvalue weighted by Crippen LogP contribution is 2.52. The molecular formula is C36H36F3N3O2. The van der Waals surface area contributed by atoms with Gasteiger partial charge in [-0.25, -0.2) is 4.79 Å². The largest absolute Gasteiger partial charge is 0.433 e. The Labute approximate surface area is 256 Å². The van der Waals surface area contributed by atoms with Crippen molar-refractivity contribution in [3.63, 3.8) is 0 Å². The fraction of sp³-hybridized carbons (Fsp3) is 0.306. The molecule has 4 aromatic rings. The number of carbonyl (C=O) groups excluding carboxylic acids is 1. The molecule has 0 spiro atoms. The predicted molar refractivity (Wildman–Crippen MR) is 168 cm³/mol. The Morgan fingerprint density at radius 3 is 2.02 bits per heavy atom. The molecule has 1 saturated heterocycles. The van der Waals surface area contributed by atoms with E-state index in [1.807, 2.05) is 59.9 Å². The van der Waals surface area contributed by atoms with Crippen LogP contribution in [-0.4, -0.2) is 56.4 Å². The van der Waals surface area contributed by atoms with E-state index in [1.165, 1.54) is 16.8 Å². The number of anilines is 1. The van der Waals surface area contributed by atoms with Gasteiger partial charge in [-0.1, -0.05) is 91.0 Å². The van der Waals surface area contributed by atoms with E-state index < -0.39 is 24.4 Å². The van der Waals surface area contributed by atoms with E-state index in [9.17, 15) is 18.0 Å². The molecule has 228 valence electrons. The average molecular weight is 600 g/mol. The van der Waals surface area contributed by atoms with Crippen molar-refractivity contribution in [3.05, 3.63) is 114 Å². The van der Waals surface area contributed by atoms with Crippen LogP contribution < -0.4 is 10.2 Å². The number of benzene rings is 4. The zero-order valence-corrected chi connectivity index (χ0v) is 24.5. The van der Waals surface area contributed by atoms with Gasteiger partial charge in [0.25, 0.3) is 0 Å². The molecule has 1 aliphatic carbocycles. The minimum atomic E-state index is -4.52. The summed E-state index contributed by atoms with van der Waals surface area (Å²) in [5.74, 6) is 0. The second-order valence-corrected chi connectivity index (χ2v) is 11.5. The van der Waals surface area contributed by atoms with Crippen LogP contribution in [0.1, 0.15) is 30.4 Å². The molecule has 0 saturated carbocycles. The van der Waals surface area contributed by atoms with Gasteiger partial charge in [-0.3, -0.25) is 4.90 Å². The lowest BCUT2D eigenvalue weighted by atomic mass is 9.86. The van der Waals surface area contributed by atoms with Gasteiger partial charge >= 0.3 is 12.3 Å². The number of fused-ring (bicyclic) bond motifs is 3. The lowest BCUT2D eigenvalue weighted by Gasteiger charge is -2.36. The second kappa shape index (κ2) is 12.7. The lowest BCUT2D eigenvalue weighted by Crippen LogP contribution is -2.46. The van der Waals surface area contributed by atoms with Gasteiger partial charge in [0, 0.05) is 43.0 Å². The van der Waals surface area contributed by atoms with Crippen LogP contribution >= 0.6 is 0 Å². The maximum atomic E-state index is 12.9. The number of hydrogen-bond acceptors (Lipinski definition) is 4. The smallest absolute Gasteiger partial charge is 0.408 e. The van der Waals surface area contributed by atoms with Gasteiger partial charge in [-0.15, -0.1) is 0 Å². The van der Waals surface area contributed by atoms with E-state index in [4.69, 9.17) is 4.74 Å². The fourth-order valence-electron chi connectivity index (χ4n) is 6.53. The van der Waals surface area contributed by atoms with Crippen LogP contribution in [0.4, 0.5) is 23.7 Å². The van der Waals surface area contributed by atoms with Crippen LogP contribution in [-0.2, 0) is 10.3 Å². The third kappa shape index (κ3) is 6.45. The second-order valence-electron chi connectivity index (χ2n) is 11.5. The van der Waals surface area contributed by atoms with Crippen LogP contribution in [0.15, 0.2) is 103 Å². The fourth-order valence-corrected chi connectivity index (χ4v) is 6.53. The van der Waals surface area contributed by atoms with E-state index in [1.54, 1.807) is 0 Å². The van der Waals surface area contributed by atoms with Crippen molar-refractivity contribution in [1.29, 1.82) is 0 Å². The van der Waals surface area contributed by atoms with E-state index in [0.717, 1.165) is 67.8 Å². The molecule has 1 fully saturated rings. The summed E-state index contributed by atoms with van der Waals surface area (Å²) < 4.78 is 44.6. The Bertz CT molecular complexity index is 1540. The zero-order chi connectivity index (χ0) is 30.6. The molecular weight excluding hydrogens is 563 g/mol. The number of amides is 1. The Kier molecular flexibility index (Phi) is 8.62. The standard InChI is InChI=1S/C36H36F3N3O2/c37-36(38,39)26-40-34(43)44-35(32-17-6-4-15-30(32)31-16-5-7-18-33(31)35)19-8-9-20-41-21-23-42(24-22-41)29-14-10-13-28(25-29)27-11-2-1-3-12-27/h1-7,10-18,25H,8-9,19-24,26H2,(H,40,43). The third-order valence-electron chi connectivity index (χ3n) is 8.66. The number of piperazine rings is 1. The summed E-state index contributed by atoms with van der Waals surface area (Å²) in [4.78, 5) is 17.6. The van der Waals surface area contributed by atoms with Crippen LogP contribution in [0.2, 0.25) is 0 Å². The number of halogens is 3. The minimum absolute atomic E-state index is 0.479. The van der Waals surface area contributed by atoms with Gasteiger partial charge in [0.1, 0.15) is 6.54 Å². The Hall–Kier alpha value is -4.30. The normalized spacial score (nSPS) is 15.8. The number of unbranched alkanes of at least 4 members (excludes halogenated alkanes) is 1. The SMILES string of the molecule is O=C(NCC(F)(F)F)OC1(CCCCN2CCN(c3cccc(-c4ccccc4)c3)CC2)c2ccccc2-c2ccccc21. The molecule has 1 N–H and O–H groups in total. The molecule has 2 aliphatic rings. The van der Waals surface area contributed by atoms with E-state index in [0.29, 0.717) is 6.42 Å². The lowest BCUT2D eigenvalue weighted by molar-refractivity contribution is -0.124. The van der Waals surface area contributed by atoms with Crippen molar-refractivity contribution in [3.8, 4) is 22.3 Å². The van der Waals surface area contributed by atoms with Crippen molar-refractivity contribution in [1.82, 2.24) is 10.2 Å². The van der Waals surface area contributed by atoms with Crippen molar-refractivity contribution in [2.75, 3.05) is 44.2 Å². The number of ether oxygens (including phenoxy) is 1. The van der Waals surface area contributed by atoms with Crippen molar-refractivity contribution in [2.24, 2.45) is 0 Å². The van der Waals surface area contributed by atoms with Crippen molar-refractivity contribution >= 4 is 11.8 Å². The summed E-state index contributed by atoms with van der Waals surface area (Å²) in [6.07, 6.45) is -3.49. The number of alkyl halides is 3. The summed E-state index contributed by atoms with van der Waals surface area (Å²) in [5, 5.41) is 1.91. The van der Waals surface area contributed by atoms with Crippen LogP contribution in [0.25, 0.3) is 22.3 Å². The summed E-state index contributed by atoms with van der Waals surface area (Å²) in [6, 6.07) is 34.5. The van der Waals surface area contributed by atoms with Gasteiger partial charge in [-0.2, -0.15) is 13.2 Å². The monoisotopic (exact) mass is 599 g/mol. The van der Waals surface area contributed by atoms with Gasteiger partial charge in [0.05, 0.1) is 0 Å². The Balaban J connectivity index is 1.09. The molecule has 0 atom stereocenters. The first-order valence-corrected chi connectivity index (χ1v) is 15.2. The first-order valence-electron chi connectivity index (χ1n) is 15.2. The molecule has 0 aromatic heterocycles. The third-order valence-corrected chi connectivity index (χ3v) is 8.66.